The number of benzene rings is 2. The molecule has 1 N–H and O–H groups in total. The third-order valence-electron chi connectivity index (χ3n) is 8.54. The van der Waals surface area contributed by atoms with Crippen LogP contribution in [-0.4, -0.2) is 34.9 Å². The minimum Gasteiger partial charge on any atom is -0.487 e. The Morgan fingerprint density at radius 1 is 1.07 bits per heavy atom. The summed E-state index contributed by atoms with van der Waals surface area (Å²) >= 11 is 0. The highest BCUT2D eigenvalue weighted by molar-refractivity contribution is 5.79. The van der Waals surface area contributed by atoms with E-state index >= 15 is 0 Å². The van der Waals surface area contributed by atoms with Gasteiger partial charge in [0.2, 0.25) is 5.88 Å². The summed E-state index contributed by atoms with van der Waals surface area (Å²) < 4.78 is 61.1. The lowest BCUT2D eigenvalue weighted by Gasteiger charge is -2.40. The molecule has 6 rings (SSSR count). The van der Waals surface area contributed by atoms with Gasteiger partial charge in [0.15, 0.2) is 17.4 Å². The minimum atomic E-state index is -0.849. The average molecular weight is 568 g/mol. The third kappa shape index (κ3) is 5.27. The Morgan fingerprint density at radius 2 is 1.80 bits per heavy atom. The molecule has 2 aromatic carbocycles. The third-order valence-corrected chi connectivity index (χ3v) is 8.54. The van der Waals surface area contributed by atoms with Crippen molar-refractivity contribution in [1.29, 1.82) is 0 Å². The smallest absolute Gasteiger partial charge is 0.309 e. The number of aryl methyl sites for hydroxylation is 1. The van der Waals surface area contributed by atoms with Crippen molar-refractivity contribution in [2.75, 3.05) is 13.2 Å². The van der Waals surface area contributed by atoms with Crippen molar-refractivity contribution in [3.8, 4) is 22.8 Å². The lowest BCUT2D eigenvalue weighted by atomic mass is 9.73. The predicted molar refractivity (Wildman–Crippen MR) is 144 cm³/mol. The summed E-state index contributed by atoms with van der Waals surface area (Å²) in [6.45, 7) is 5.53. The second-order valence-corrected chi connectivity index (χ2v) is 11.8. The number of hydrogen-bond acceptors (Lipinski definition) is 6. The van der Waals surface area contributed by atoms with E-state index in [-0.39, 0.29) is 54.0 Å². The number of rotatable bonds is 9. The average Bonchev–Trinajstić information content (AvgIpc) is 3.48. The van der Waals surface area contributed by atoms with Gasteiger partial charge in [-0.15, -0.1) is 0 Å². The van der Waals surface area contributed by atoms with Gasteiger partial charge in [-0.3, -0.25) is 4.79 Å². The molecule has 1 heterocycles. The van der Waals surface area contributed by atoms with Crippen LogP contribution in [0.15, 0.2) is 36.5 Å². The largest absolute Gasteiger partial charge is 0.487 e. The van der Waals surface area contributed by atoms with Gasteiger partial charge in [0.25, 0.3) is 0 Å². The fourth-order valence-corrected chi connectivity index (χ4v) is 6.55. The lowest BCUT2D eigenvalue weighted by molar-refractivity contribution is -0.145. The van der Waals surface area contributed by atoms with Gasteiger partial charge < -0.3 is 19.3 Å². The summed E-state index contributed by atoms with van der Waals surface area (Å²) in [5.41, 5.74) is 2.80. The van der Waals surface area contributed by atoms with Crippen LogP contribution in [0.3, 0.4) is 0 Å². The van der Waals surface area contributed by atoms with Gasteiger partial charge in [-0.1, -0.05) is 0 Å². The van der Waals surface area contributed by atoms with Crippen molar-refractivity contribution in [3.63, 3.8) is 0 Å². The first-order valence-corrected chi connectivity index (χ1v) is 14.0. The molecular formula is C32H32F3NO5. The standard InChI is InChI=1S/C32H32F3NO5/c1-4-39-31(37)29-22-6-18-10-27(36-13-23(18)28(22)29)40-15-20-7-21(16(2)5-24(20)33)19-8-25(34)30(26(35)9-19)41-14-17-11-32(3,38)12-17/h5,7-10,13,17,22,28-29,38H,4,6,11-12,14-15H2,1-3H3/t17?,22-,28-,29+,32?/m1/s1. The molecule has 2 fully saturated rings. The molecule has 0 amide bonds. The highest BCUT2D eigenvalue weighted by Crippen LogP contribution is 2.61. The van der Waals surface area contributed by atoms with Gasteiger partial charge in [0, 0.05) is 23.7 Å². The van der Waals surface area contributed by atoms with Crippen molar-refractivity contribution in [3.05, 3.63) is 76.2 Å². The van der Waals surface area contributed by atoms with Crippen molar-refractivity contribution >= 4 is 5.97 Å². The Bertz CT molecular complexity index is 1490. The van der Waals surface area contributed by atoms with Crippen LogP contribution in [-0.2, 0) is 22.6 Å². The fourth-order valence-electron chi connectivity index (χ4n) is 6.55. The van der Waals surface area contributed by atoms with E-state index in [4.69, 9.17) is 14.2 Å². The summed E-state index contributed by atoms with van der Waals surface area (Å²) in [5.74, 6) is -2.18. The number of fused-ring (bicyclic) bond motifs is 3. The van der Waals surface area contributed by atoms with Crippen LogP contribution < -0.4 is 9.47 Å². The van der Waals surface area contributed by atoms with E-state index < -0.39 is 28.8 Å². The molecule has 3 aliphatic rings. The van der Waals surface area contributed by atoms with E-state index in [1.54, 1.807) is 27.0 Å². The Balaban J connectivity index is 1.14. The van der Waals surface area contributed by atoms with Gasteiger partial charge in [0.05, 0.1) is 24.7 Å². The molecule has 0 aliphatic heterocycles. The fraction of sp³-hybridized carbons (Fsp3) is 0.438. The molecule has 2 saturated carbocycles. The molecule has 3 atom stereocenters. The Hall–Kier alpha value is -3.59. The monoisotopic (exact) mass is 567 g/mol. The second kappa shape index (κ2) is 10.4. The lowest BCUT2D eigenvalue weighted by Crippen LogP contribution is -2.43. The molecule has 0 saturated heterocycles. The zero-order valence-corrected chi connectivity index (χ0v) is 23.2. The SMILES string of the molecule is CCOC(=O)[C@H]1[C@@H]2Cc3cc(OCc4cc(-c5cc(F)c(OCC6CC(C)(O)C6)c(F)c5)c(C)cc4F)ncc3[C@@H]21. The van der Waals surface area contributed by atoms with Gasteiger partial charge >= 0.3 is 5.97 Å². The molecule has 1 aromatic heterocycles. The molecule has 3 aliphatic carbocycles. The van der Waals surface area contributed by atoms with E-state index in [0.717, 1.165) is 17.5 Å². The predicted octanol–water partition coefficient (Wildman–Crippen LogP) is 6.04. The molecule has 9 heteroatoms. The maximum absolute atomic E-state index is 14.9. The van der Waals surface area contributed by atoms with E-state index in [9.17, 15) is 23.1 Å². The quantitative estimate of drug-likeness (QED) is 0.318. The molecular weight excluding hydrogens is 535 g/mol. The number of carbonyl (C=O) groups excluding carboxylic acids is 1. The van der Waals surface area contributed by atoms with Gasteiger partial charge in [-0.05, 0) is 104 Å². The van der Waals surface area contributed by atoms with Gasteiger partial charge in [0.1, 0.15) is 12.4 Å². The number of carbonyl (C=O) groups is 1. The number of esters is 1. The summed E-state index contributed by atoms with van der Waals surface area (Å²) in [6.07, 6.45) is 3.50. The highest BCUT2D eigenvalue weighted by atomic mass is 19.1. The number of pyridine rings is 1. The first-order chi connectivity index (χ1) is 19.5. The summed E-state index contributed by atoms with van der Waals surface area (Å²) in [5, 5.41) is 9.85. The summed E-state index contributed by atoms with van der Waals surface area (Å²) in [6, 6.07) is 7.03. The zero-order valence-electron chi connectivity index (χ0n) is 23.2. The molecule has 0 unspecified atom stereocenters. The summed E-state index contributed by atoms with van der Waals surface area (Å²) in [7, 11) is 0. The van der Waals surface area contributed by atoms with Crippen LogP contribution in [0.1, 0.15) is 54.9 Å². The van der Waals surface area contributed by atoms with Crippen LogP contribution in [0.5, 0.6) is 11.6 Å². The van der Waals surface area contributed by atoms with Crippen LogP contribution in [0, 0.1) is 42.1 Å². The van der Waals surface area contributed by atoms with Gasteiger partial charge in [-0.25, -0.2) is 18.2 Å². The topological polar surface area (TPSA) is 77.9 Å². The Labute approximate surface area is 236 Å². The Morgan fingerprint density at radius 3 is 2.49 bits per heavy atom. The van der Waals surface area contributed by atoms with Crippen molar-refractivity contribution in [2.45, 2.75) is 58.2 Å². The number of aliphatic hydroxyl groups is 1. The van der Waals surface area contributed by atoms with E-state index in [1.165, 1.54) is 24.3 Å². The molecule has 0 bridgehead atoms. The maximum atomic E-state index is 14.9. The van der Waals surface area contributed by atoms with E-state index in [1.807, 2.05) is 6.07 Å². The molecule has 3 aromatic rings. The molecule has 216 valence electrons. The first kappa shape index (κ1) is 27.6. The number of ether oxygens (including phenoxy) is 3. The van der Waals surface area contributed by atoms with E-state index in [0.29, 0.717) is 36.5 Å². The molecule has 6 nitrogen and oxygen atoms in total. The number of aromatic nitrogens is 1. The molecule has 0 radical (unpaired) electrons. The minimum absolute atomic E-state index is 0.0396. The number of hydrogen-bond donors (Lipinski definition) is 1. The molecule has 41 heavy (non-hydrogen) atoms. The zero-order chi connectivity index (χ0) is 29.1. The second-order valence-electron chi connectivity index (χ2n) is 11.8. The van der Waals surface area contributed by atoms with Crippen LogP contribution in [0.2, 0.25) is 0 Å². The number of halogens is 3. The number of nitrogens with zero attached hydrogens (tertiary/aromatic N) is 1. The first-order valence-electron chi connectivity index (χ1n) is 14.0. The van der Waals surface area contributed by atoms with Crippen LogP contribution in [0.4, 0.5) is 13.2 Å². The van der Waals surface area contributed by atoms with Crippen LogP contribution in [0.25, 0.3) is 11.1 Å². The molecule has 0 spiro atoms. The normalized spacial score (nSPS) is 25.6. The summed E-state index contributed by atoms with van der Waals surface area (Å²) in [4.78, 5) is 16.5. The van der Waals surface area contributed by atoms with E-state index in [2.05, 4.69) is 4.98 Å². The Kier molecular flexibility index (Phi) is 6.96. The highest BCUT2D eigenvalue weighted by Gasteiger charge is 2.60. The maximum Gasteiger partial charge on any atom is 0.309 e. The van der Waals surface area contributed by atoms with Gasteiger partial charge in [-0.2, -0.15) is 0 Å². The van der Waals surface area contributed by atoms with Crippen LogP contribution >= 0.6 is 0 Å². The van der Waals surface area contributed by atoms with Crippen molar-refractivity contribution in [1.82, 2.24) is 4.98 Å². The van der Waals surface area contributed by atoms with Crippen molar-refractivity contribution in [2.24, 2.45) is 17.8 Å². The van der Waals surface area contributed by atoms with Crippen molar-refractivity contribution < 1.29 is 37.3 Å².